The Morgan fingerprint density at radius 1 is 1.00 bits per heavy atom. The number of benzene rings is 1. The summed E-state index contributed by atoms with van der Waals surface area (Å²) in [4.78, 5) is 11.4. The first-order chi connectivity index (χ1) is 12.8. The number of pyridine rings is 1. The van der Waals surface area contributed by atoms with E-state index in [9.17, 15) is 0 Å². The van der Waals surface area contributed by atoms with E-state index in [1.165, 1.54) is 32.4 Å². The van der Waals surface area contributed by atoms with Gasteiger partial charge < -0.3 is 20.9 Å². The number of rotatable bonds is 7. The second kappa shape index (κ2) is 9.97. The first-order valence-electron chi connectivity index (χ1n) is 9.62. The van der Waals surface area contributed by atoms with E-state index in [0.29, 0.717) is 0 Å². The number of guanidine groups is 1. The smallest absolute Gasteiger partial charge is 0.191 e. The zero-order chi connectivity index (χ0) is 18.0. The molecule has 0 saturated carbocycles. The molecule has 26 heavy (non-hydrogen) atoms. The summed E-state index contributed by atoms with van der Waals surface area (Å²) < 4.78 is 0. The van der Waals surface area contributed by atoms with Gasteiger partial charge in [0.25, 0.3) is 0 Å². The van der Waals surface area contributed by atoms with Crippen molar-refractivity contribution in [2.75, 3.05) is 51.6 Å². The van der Waals surface area contributed by atoms with Gasteiger partial charge in [-0.1, -0.05) is 24.6 Å². The topological polar surface area (TPSA) is 64.6 Å². The molecule has 0 unspecified atom stereocenters. The van der Waals surface area contributed by atoms with E-state index in [1.54, 1.807) is 0 Å². The highest BCUT2D eigenvalue weighted by atomic mass is 15.2. The van der Waals surface area contributed by atoms with Crippen molar-refractivity contribution in [1.29, 1.82) is 0 Å². The van der Waals surface area contributed by atoms with Crippen LogP contribution in [-0.4, -0.2) is 62.2 Å². The third-order valence-corrected chi connectivity index (χ3v) is 4.71. The molecular weight excluding hydrogens is 324 g/mol. The van der Waals surface area contributed by atoms with Crippen LogP contribution in [-0.2, 0) is 0 Å². The molecule has 0 amide bonds. The van der Waals surface area contributed by atoms with Crippen molar-refractivity contribution in [2.45, 2.75) is 19.3 Å². The summed E-state index contributed by atoms with van der Waals surface area (Å²) in [6, 6.07) is 12.3. The number of aromatic nitrogens is 1. The van der Waals surface area contributed by atoms with Gasteiger partial charge in [0.2, 0.25) is 0 Å². The van der Waals surface area contributed by atoms with E-state index in [0.717, 1.165) is 48.9 Å². The van der Waals surface area contributed by atoms with Gasteiger partial charge in [-0.15, -0.1) is 0 Å². The number of nitrogens with one attached hydrogen (secondary N) is 3. The van der Waals surface area contributed by atoms with Gasteiger partial charge in [0.15, 0.2) is 5.96 Å². The molecule has 2 aromatic rings. The lowest BCUT2D eigenvalue weighted by molar-refractivity contribution is 0.232. The summed E-state index contributed by atoms with van der Waals surface area (Å²) in [5, 5.41) is 11.3. The van der Waals surface area contributed by atoms with E-state index in [-0.39, 0.29) is 0 Å². The molecule has 2 heterocycles. The van der Waals surface area contributed by atoms with Crippen molar-refractivity contribution in [2.24, 2.45) is 4.99 Å². The molecule has 3 rings (SSSR count). The first-order valence-corrected chi connectivity index (χ1v) is 9.62. The van der Waals surface area contributed by atoms with Crippen LogP contribution in [0.15, 0.2) is 41.4 Å². The van der Waals surface area contributed by atoms with Gasteiger partial charge in [0.1, 0.15) is 5.82 Å². The van der Waals surface area contributed by atoms with E-state index in [2.05, 4.69) is 43.0 Å². The summed E-state index contributed by atoms with van der Waals surface area (Å²) in [6.45, 7) is 6.06. The quantitative estimate of drug-likeness (QED) is 0.404. The Balaban J connectivity index is 1.34. The van der Waals surface area contributed by atoms with Crippen LogP contribution in [0.25, 0.3) is 10.9 Å². The minimum absolute atomic E-state index is 0.790. The predicted octanol–water partition coefficient (Wildman–Crippen LogP) is 2.30. The molecule has 0 atom stereocenters. The number of fused-ring (bicyclic) bond motifs is 1. The van der Waals surface area contributed by atoms with Crippen molar-refractivity contribution < 1.29 is 0 Å². The number of aliphatic imine (C=N–C) groups is 1. The molecule has 0 spiro atoms. The fourth-order valence-corrected chi connectivity index (χ4v) is 3.27. The van der Waals surface area contributed by atoms with Gasteiger partial charge in [-0.25, -0.2) is 4.98 Å². The Morgan fingerprint density at radius 2 is 1.81 bits per heavy atom. The molecule has 3 N–H and O–H groups in total. The van der Waals surface area contributed by atoms with Crippen molar-refractivity contribution in [3.05, 3.63) is 36.4 Å². The highest BCUT2D eigenvalue weighted by molar-refractivity contribution is 5.80. The zero-order valence-electron chi connectivity index (χ0n) is 15.7. The molecule has 0 radical (unpaired) electrons. The van der Waals surface area contributed by atoms with Crippen molar-refractivity contribution in [3.8, 4) is 0 Å². The molecule has 1 fully saturated rings. The molecule has 0 bridgehead atoms. The zero-order valence-corrected chi connectivity index (χ0v) is 15.7. The number of hydrogen-bond donors (Lipinski definition) is 3. The van der Waals surface area contributed by atoms with Crippen LogP contribution >= 0.6 is 0 Å². The molecule has 1 aromatic carbocycles. The third kappa shape index (κ3) is 5.59. The standard InChI is InChI=1S/C20H30N6/c1-21-20(24-13-16-26-14-5-2-6-15-26)23-12-11-22-19-10-9-17-7-3-4-8-18(17)25-19/h3-4,7-10H,2,5-6,11-16H2,1H3,(H,22,25)(H2,21,23,24). The van der Waals surface area contributed by atoms with Crippen LogP contribution < -0.4 is 16.0 Å². The van der Waals surface area contributed by atoms with Gasteiger partial charge in [-0.05, 0) is 44.1 Å². The van der Waals surface area contributed by atoms with Gasteiger partial charge in [-0.2, -0.15) is 0 Å². The van der Waals surface area contributed by atoms with Gasteiger partial charge >= 0.3 is 0 Å². The summed E-state index contributed by atoms with van der Waals surface area (Å²) in [5.74, 6) is 1.76. The average Bonchev–Trinajstić information content (AvgIpc) is 2.70. The Labute approximate surface area is 156 Å². The second-order valence-corrected chi connectivity index (χ2v) is 6.64. The minimum atomic E-state index is 0.790. The molecular formula is C20H30N6. The van der Waals surface area contributed by atoms with Gasteiger partial charge in [-0.3, -0.25) is 4.99 Å². The maximum absolute atomic E-state index is 4.62. The third-order valence-electron chi connectivity index (χ3n) is 4.71. The monoisotopic (exact) mass is 354 g/mol. The Morgan fingerprint density at radius 3 is 2.65 bits per heavy atom. The molecule has 140 valence electrons. The molecule has 1 aromatic heterocycles. The van der Waals surface area contributed by atoms with Gasteiger partial charge in [0, 0.05) is 38.6 Å². The Kier molecular flexibility index (Phi) is 7.07. The highest BCUT2D eigenvalue weighted by Crippen LogP contribution is 2.14. The molecule has 6 nitrogen and oxygen atoms in total. The van der Waals surface area contributed by atoms with Crippen LogP contribution in [0, 0.1) is 0 Å². The average molecular weight is 355 g/mol. The van der Waals surface area contributed by atoms with Crippen molar-refractivity contribution in [3.63, 3.8) is 0 Å². The minimum Gasteiger partial charge on any atom is -0.368 e. The van der Waals surface area contributed by atoms with Crippen LogP contribution in [0.3, 0.4) is 0 Å². The summed E-state index contributed by atoms with van der Waals surface area (Å²) in [7, 11) is 1.81. The number of para-hydroxylation sites is 1. The largest absolute Gasteiger partial charge is 0.368 e. The first kappa shape index (κ1) is 18.5. The van der Waals surface area contributed by atoms with Crippen molar-refractivity contribution in [1.82, 2.24) is 20.5 Å². The van der Waals surface area contributed by atoms with Crippen LogP contribution in [0.4, 0.5) is 5.82 Å². The Hall–Kier alpha value is -2.34. The maximum atomic E-state index is 4.62. The number of nitrogens with zero attached hydrogens (tertiary/aromatic N) is 3. The summed E-state index contributed by atoms with van der Waals surface area (Å²) in [5.41, 5.74) is 1.01. The van der Waals surface area contributed by atoms with E-state index in [1.807, 2.05) is 31.3 Å². The molecule has 6 heteroatoms. The summed E-state index contributed by atoms with van der Waals surface area (Å²) >= 11 is 0. The lowest BCUT2D eigenvalue weighted by atomic mass is 10.1. The molecule has 0 aliphatic carbocycles. The van der Waals surface area contributed by atoms with Crippen LogP contribution in [0.1, 0.15) is 19.3 Å². The van der Waals surface area contributed by atoms with E-state index in [4.69, 9.17) is 0 Å². The highest BCUT2D eigenvalue weighted by Gasteiger charge is 2.09. The number of piperidine rings is 1. The van der Waals surface area contributed by atoms with Gasteiger partial charge in [0.05, 0.1) is 5.52 Å². The Bertz CT molecular complexity index is 708. The van der Waals surface area contributed by atoms with E-state index < -0.39 is 0 Å². The van der Waals surface area contributed by atoms with Crippen LogP contribution in [0.2, 0.25) is 0 Å². The fourth-order valence-electron chi connectivity index (χ4n) is 3.27. The molecule has 1 saturated heterocycles. The summed E-state index contributed by atoms with van der Waals surface area (Å²) in [6.07, 6.45) is 4.05. The second-order valence-electron chi connectivity index (χ2n) is 6.64. The normalized spacial score (nSPS) is 15.8. The van der Waals surface area contributed by atoms with E-state index >= 15 is 0 Å². The molecule has 1 aliphatic rings. The lowest BCUT2D eigenvalue weighted by Gasteiger charge is -2.26. The molecule has 1 aliphatic heterocycles. The predicted molar refractivity (Wildman–Crippen MR) is 110 cm³/mol. The number of anilines is 1. The van der Waals surface area contributed by atoms with Crippen molar-refractivity contribution >= 4 is 22.7 Å². The maximum Gasteiger partial charge on any atom is 0.191 e. The van der Waals surface area contributed by atoms with Crippen LogP contribution in [0.5, 0.6) is 0 Å². The number of hydrogen-bond acceptors (Lipinski definition) is 4. The number of likely N-dealkylation sites (tertiary alicyclic amines) is 1. The SMILES string of the molecule is CN=C(NCCNc1ccc2ccccc2n1)NCCN1CCCCC1. The fraction of sp³-hybridized carbons (Fsp3) is 0.500. The lowest BCUT2D eigenvalue weighted by Crippen LogP contribution is -2.43.